The number of hydrogen-bond donors (Lipinski definition) is 1. The standard InChI is InChI=1S/C13H11NO5/c15-11-6-8-9(12(16)17)4-7(14(18)19)5-10(8)13(11)2-1-3-13/h4-5H,1-3,6H2,(H,16,17). The van der Waals surface area contributed by atoms with Crippen molar-refractivity contribution < 1.29 is 19.6 Å². The molecule has 3 rings (SSSR count). The van der Waals surface area contributed by atoms with Gasteiger partial charge in [0.25, 0.3) is 5.69 Å². The first-order chi connectivity index (χ1) is 8.95. The van der Waals surface area contributed by atoms with Gasteiger partial charge in [-0.2, -0.15) is 0 Å². The van der Waals surface area contributed by atoms with E-state index in [2.05, 4.69) is 0 Å². The average molecular weight is 261 g/mol. The number of nitro benzene ring substituents is 1. The van der Waals surface area contributed by atoms with Gasteiger partial charge in [0.1, 0.15) is 5.78 Å². The van der Waals surface area contributed by atoms with Crippen LogP contribution in [-0.2, 0) is 16.6 Å². The molecule has 0 radical (unpaired) electrons. The van der Waals surface area contributed by atoms with E-state index < -0.39 is 16.3 Å². The number of carboxylic acid groups (broad SMARTS) is 1. The molecule has 2 aliphatic carbocycles. The summed E-state index contributed by atoms with van der Waals surface area (Å²) in [5, 5.41) is 20.1. The van der Waals surface area contributed by atoms with Crippen LogP contribution >= 0.6 is 0 Å². The van der Waals surface area contributed by atoms with E-state index in [-0.39, 0.29) is 23.5 Å². The third kappa shape index (κ3) is 1.43. The molecule has 2 aliphatic rings. The number of benzene rings is 1. The summed E-state index contributed by atoms with van der Waals surface area (Å²) >= 11 is 0. The van der Waals surface area contributed by atoms with Crippen LogP contribution < -0.4 is 0 Å². The lowest BCUT2D eigenvalue weighted by molar-refractivity contribution is -0.385. The van der Waals surface area contributed by atoms with Crippen LogP contribution in [0.5, 0.6) is 0 Å². The van der Waals surface area contributed by atoms with Gasteiger partial charge in [0.2, 0.25) is 0 Å². The minimum atomic E-state index is -1.22. The zero-order valence-corrected chi connectivity index (χ0v) is 10.0. The van der Waals surface area contributed by atoms with E-state index in [0.29, 0.717) is 24.0 Å². The number of nitro groups is 1. The molecule has 0 saturated heterocycles. The molecule has 1 fully saturated rings. The molecule has 1 saturated carbocycles. The highest BCUT2D eigenvalue weighted by Gasteiger charge is 2.52. The molecule has 19 heavy (non-hydrogen) atoms. The van der Waals surface area contributed by atoms with Gasteiger partial charge in [-0.05, 0) is 24.0 Å². The Labute approximate surface area is 108 Å². The van der Waals surface area contributed by atoms with Crippen LogP contribution in [0.15, 0.2) is 12.1 Å². The van der Waals surface area contributed by atoms with Gasteiger partial charge < -0.3 is 5.11 Å². The van der Waals surface area contributed by atoms with Crippen LogP contribution in [0.3, 0.4) is 0 Å². The monoisotopic (exact) mass is 261 g/mol. The van der Waals surface area contributed by atoms with Crippen molar-refractivity contribution >= 4 is 17.4 Å². The molecular formula is C13H11NO5. The summed E-state index contributed by atoms with van der Waals surface area (Å²) in [6, 6.07) is 2.43. The van der Waals surface area contributed by atoms with Gasteiger partial charge in [-0.25, -0.2) is 4.79 Å². The fourth-order valence-electron chi connectivity index (χ4n) is 3.13. The van der Waals surface area contributed by atoms with Gasteiger partial charge in [-0.3, -0.25) is 14.9 Å². The van der Waals surface area contributed by atoms with Crippen LogP contribution in [0.2, 0.25) is 0 Å². The van der Waals surface area contributed by atoms with Crippen molar-refractivity contribution in [3.05, 3.63) is 38.9 Å². The molecule has 1 N–H and O–H groups in total. The summed E-state index contributed by atoms with van der Waals surface area (Å²) in [6.07, 6.45) is 2.31. The van der Waals surface area contributed by atoms with Crippen LogP contribution in [0.25, 0.3) is 0 Å². The predicted molar refractivity (Wildman–Crippen MR) is 64.3 cm³/mol. The van der Waals surface area contributed by atoms with Gasteiger partial charge in [-0.1, -0.05) is 6.42 Å². The van der Waals surface area contributed by atoms with E-state index in [1.165, 1.54) is 6.07 Å². The molecule has 0 atom stereocenters. The predicted octanol–water partition coefficient (Wildman–Crippen LogP) is 1.84. The number of carbonyl (C=O) groups excluding carboxylic acids is 1. The van der Waals surface area contributed by atoms with E-state index in [0.717, 1.165) is 12.5 Å². The summed E-state index contributed by atoms with van der Waals surface area (Å²) in [6.45, 7) is 0. The first-order valence-corrected chi connectivity index (χ1v) is 6.04. The van der Waals surface area contributed by atoms with Gasteiger partial charge in [0, 0.05) is 18.6 Å². The van der Waals surface area contributed by atoms with E-state index >= 15 is 0 Å². The van der Waals surface area contributed by atoms with E-state index in [9.17, 15) is 19.7 Å². The second-order valence-corrected chi connectivity index (χ2v) is 5.12. The summed E-state index contributed by atoms with van der Waals surface area (Å²) in [5.41, 5.74) is 0.0163. The Kier molecular flexibility index (Phi) is 2.26. The summed E-state index contributed by atoms with van der Waals surface area (Å²) in [4.78, 5) is 33.6. The van der Waals surface area contributed by atoms with E-state index in [4.69, 9.17) is 5.11 Å². The molecule has 0 amide bonds. The van der Waals surface area contributed by atoms with Crippen molar-refractivity contribution in [1.29, 1.82) is 0 Å². The number of carbonyl (C=O) groups is 2. The number of non-ortho nitro benzene ring substituents is 1. The maximum atomic E-state index is 12.1. The summed E-state index contributed by atoms with van der Waals surface area (Å²) in [5.74, 6) is -1.22. The normalized spacial score (nSPS) is 19.1. The molecule has 98 valence electrons. The zero-order chi connectivity index (χ0) is 13.8. The van der Waals surface area contributed by atoms with Gasteiger partial charge in [0.15, 0.2) is 0 Å². The molecule has 1 aromatic carbocycles. The highest BCUT2D eigenvalue weighted by molar-refractivity contribution is 6.02. The quantitative estimate of drug-likeness (QED) is 0.647. The van der Waals surface area contributed by atoms with Crippen molar-refractivity contribution in [2.75, 3.05) is 0 Å². The fourth-order valence-corrected chi connectivity index (χ4v) is 3.13. The third-order valence-corrected chi connectivity index (χ3v) is 4.27. The van der Waals surface area contributed by atoms with Crippen molar-refractivity contribution in [3.8, 4) is 0 Å². The summed E-state index contributed by atoms with van der Waals surface area (Å²) < 4.78 is 0. The Morgan fingerprint density at radius 2 is 2.05 bits per heavy atom. The first-order valence-electron chi connectivity index (χ1n) is 6.04. The highest BCUT2D eigenvalue weighted by Crippen LogP contribution is 2.51. The molecule has 0 bridgehead atoms. The molecular weight excluding hydrogens is 250 g/mol. The molecule has 6 heteroatoms. The average Bonchev–Trinajstić information content (AvgIpc) is 2.58. The number of aromatic carboxylic acids is 1. The Morgan fingerprint density at radius 3 is 2.53 bits per heavy atom. The Balaban J connectivity index is 2.27. The molecule has 0 unspecified atom stereocenters. The highest BCUT2D eigenvalue weighted by atomic mass is 16.6. The SMILES string of the molecule is O=C(O)c1cc([N+](=O)[O-])cc2c1CC(=O)C21CCC1. The number of carboxylic acids is 1. The first kappa shape index (κ1) is 11.8. The molecule has 1 aromatic rings. The largest absolute Gasteiger partial charge is 0.478 e. The number of fused-ring (bicyclic) bond motifs is 2. The maximum Gasteiger partial charge on any atom is 0.336 e. The second kappa shape index (κ2) is 3.63. The van der Waals surface area contributed by atoms with Crippen molar-refractivity contribution in [3.63, 3.8) is 0 Å². The van der Waals surface area contributed by atoms with Gasteiger partial charge >= 0.3 is 5.97 Å². The van der Waals surface area contributed by atoms with Crippen molar-refractivity contribution in [2.24, 2.45) is 0 Å². The van der Waals surface area contributed by atoms with Gasteiger partial charge in [0.05, 0.1) is 15.9 Å². The lowest BCUT2D eigenvalue weighted by atomic mass is 9.64. The van der Waals surface area contributed by atoms with Crippen molar-refractivity contribution in [2.45, 2.75) is 31.1 Å². The minimum absolute atomic E-state index is 0.00301. The second-order valence-electron chi connectivity index (χ2n) is 5.12. The fraction of sp³-hybridized carbons (Fsp3) is 0.385. The minimum Gasteiger partial charge on any atom is -0.478 e. The number of Topliss-reactive ketones (excluding diaryl/α,β-unsaturated/α-hetero) is 1. The van der Waals surface area contributed by atoms with Crippen LogP contribution in [0, 0.1) is 10.1 Å². The Bertz CT molecular complexity index is 630. The molecule has 6 nitrogen and oxygen atoms in total. The molecule has 0 aromatic heterocycles. The zero-order valence-electron chi connectivity index (χ0n) is 10.0. The number of ketones is 1. The Morgan fingerprint density at radius 1 is 1.37 bits per heavy atom. The van der Waals surface area contributed by atoms with E-state index in [1.54, 1.807) is 0 Å². The number of rotatable bonds is 2. The third-order valence-electron chi connectivity index (χ3n) is 4.27. The van der Waals surface area contributed by atoms with Crippen LogP contribution in [0.1, 0.15) is 40.7 Å². The number of hydrogen-bond acceptors (Lipinski definition) is 4. The van der Waals surface area contributed by atoms with Crippen LogP contribution in [0.4, 0.5) is 5.69 Å². The van der Waals surface area contributed by atoms with Crippen LogP contribution in [-0.4, -0.2) is 21.8 Å². The van der Waals surface area contributed by atoms with Gasteiger partial charge in [-0.15, -0.1) is 0 Å². The topological polar surface area (TPSA) is 97.5 Å². The lowest BCUT2D eigenvalue weighted by Gasteiger charge is -2.37. The molecule has 0 aliphatic heterocycles. The maximum absolute atomic E-state index is 12.1. The smallest absolute Gasteiger partial charge is 0.336 e. The van der Waals surface area contributed by atoms with E-state index in [1.807, 2.05) is 0 Å². The summed E-state index contributed by atoms with van der Waals surface area (Å²) in [7, 11) is 0. The van der Waals surface area contributed by atoms with Crippen molar-refractivity contribution in [1.82, 2.24) is 0 Å². The lowest BCUT2D eigenvalue weighted by Crippen LogP contribution is -2.39. The Hall–Kier alpha value is -2.24. The number of nitrogens with zero attached hydrogens (tertiary/aromatic N) is 1. The molecule has 0 heterocycles. The molecule has 1 spiro atoms.